The molecule has 6 nitrogen and oxygen atoms in total. The summed E-state index contributed by atoms with van der Waals surface area (Å²) in [5, 5.41) is 10.8. The predicted octanol–water partition coefficient (Wildman–Crippen LogP) is 2.83. The van der Waals surface area contributed by atoms with Crippen LogP contribution in [0.5, 0.6) is 0 Å². The van der Waals surface area contributed by atoms with Crippen LogP contribution in [0.4, 0.5) is 5.69 Å². The number of anilines is 1. The molecule has 24 heavy (non-hydrogen) atoms. The third-order valence-corrected chi connectivity index (χ3v) is 3.58. The van der Waals surface area contributed by atoms with Crippen molar-refractivity contribution in [3.63, 3.8) is 0 Å². The molecule has 1 aromatic heterocycles. The fraction of sp³-hybridized carbons (Fsp3) is 0.222. The normalized spacial score (nSPS) is 10.5. The van der Waals surface area contributed by atoms with E-state index in [0.29, 0.717) is 24.3 Å². The lowest BCUT2D eigenvalue weighted by molar-refractivity contribution is 0.0767. The van der Waals surface area contributed by atoms with Crippen molar-refractivity contribution in [1.29, 1.82) is 5.41 Å². The van der Waals surface area contributed by atoms with Gasteiger partial charge in [-0.2, -0.15) is 5.10 Å². The van der Waals surface area contributed by atoms with Crippen LogP contribution in [0.2, 0.25) is 0 Å². The van der Waals surface area contributed by atoms with Crippen LogP contribution in [0.25, 0.3) is 0 Å². The fourth-order valence-electron chi connectivity index (χ4n) is 2.30. The number of amides is 1. The molecular formula is C18H21N5O. The summed E-state index contributed by atoms with van der Waals surface area (Å²) in [6, 6.07) is 11.2. The molecule has 1 heterocycles. The summed E-state index contributed by atoms with van der Waals surface area (Å²) in [6.45, 7) is 3.23. The van der Waals surface area contributed by atoms with Crippen molar-refractivity contribution in [3.05, 3.63) is 59.9 Å². The average Bonchev–Trinajstić information content (AvgIpc) is 2.63. The van der Waals surface area contributed by atoms with Gasteiger partial charge in [0.2, 0.25) is 0 Å². The molecule has 1 amide bonds. The summed E-state index contributed by atoms with van der Waals surface area (Å²) < 4.78 is 0. The first kappa shape index (κ1) is 17.3. The monoisotopic (exact) mass is 323 g/mol. The molecule has 0 fully saturated rings. The lowest BCUT2D eigenvalue weighted by atomic mass is 10.1. The molecule has 2 N–H and O–H groups in total. The van der Waals surface area contributed by atoms with Gasteiger partial charge in [0.1, 0.15) is 0 Å². The van der Waals surface area contributed by atoms with Crippen LogP contribution in [0.1, 0.15) is 22.8 Å². The number of benzene rings is 1. The smallest absolute Gasteiger partial charge is 0.256 e. The van der Waals surface area contributed by atoms with Crippen molar-refractivity contribution in [2.75, 3.05) is 18.5 Å². The first-order valence-corrected chi connectivity index (χ1v) is 7.81. The first-order valence-electron chi connectivity index (χ1n) is 7.81. The first-order chi connectivity index (χ1) is 11.8. The van der Waals surface area contributed by atoms with E-state index in [1.807, 2.05) is 31.2 Å². The number of carbonyl (C=O) groups is 1. The van der Waals surface area contributed by atoms with E-state index in [0.717, 1.165) is 18.2 Å². The zero-order chi connectivity index (χ0) is 17.2. The van der Waals surface area contributed by atoms with Crippen LogP contribution in [-0.4, -0.2) is 41.3 Å². The molecule has 0 spiro atoms. The topological polar surface area (TPSA) is 81.4 Å². The lowest BCUT2D eigenvalue weighted by Crippen LogP contribution is -2.33. The Balaban J connectivity index is 2.10. The van der Waals surface area contributed by atoms with Gasteiger partial charge < -0.3 is 10.3 Å². The average molecular weight is 323 g/mol. The number of rotatable bonds is 8. The summed E-state index contributed by atoms with van der Waals surface area (Å²) in [5.41, 5.74) is 5.16. The van der Waals surface area contributed by atoms with Gasteiger partial charge in [-0.15, -0.1) is 0 Å². The minimum absolute atomic E-state index is 0.0419. The molecule has 0 bridgehead atoms. The van der Waals surface area contributed by atoms with E-state index in [2.05, 4.69) is 15.5 Å². The number of para-hydroxylation sites is 1. The van der Waals surface area contributed by atoms with E-state index >= 15 is 0 Å². The lowest BCUT2D eigenvalue weighted by Gasteiger charge is -2.22. The molecule has 0 aliphatic rings. The molecule has 0 saturated heterocycles. The highest BCUT2D eigenvalue weighted by Crippen LogP contribution is 2.17. The maximum Gasteiger partial charge on any atom is 0.256 e. The standard InChI is InChI=1S/C18H21N5O/c1-2-23(14-9-15-7-11-20-12-8-15)18(24)16-5-3-4-6-17(16)22-21-13-10-19/h3-8,10-13,19,22H,2,9,14H2,1H3/b19-10?,21-13-. The molecule has 6 heteroatoms. The molecule has 124 valence electrons. The minimum Gasteiger partial charge on any atom is -0.339 e. The molecule has 0 aliphatic carbocycles. The molecular weight excluding hydrogens is 302 g/mol. The number of hydrogen-bond acceptors (Lipinski definition) is 5. The zero-order valence-corrected chi connectivity index (χ0v) is 13.6. The molecule has 2 aromatic rings. The maximum absolute atomic E-state index is 12.8. The van der Waals surface area contributed by atoms with Gasteiger partial charge in [0.15, 0.2) is 0 Å². The Morgan fingerprint density at radius 2 is 2.04 bits per heavy atom. The van der Waals surface area contributed by atoms with Gasteiger partial charge in [0.05, 0.1) is 17.5 Å². The Hall–Kier alpha value is -3.02. The number of aromatic nitrogens is 1. The van der Waals surface area contributed by atoms with E-state index in [-0.39, 0.29) is 5.91 Å². The van der Waals surface area contributed by atoms with Crippen LogP contribution in [0.15, 0.2) is 53.9 Å². The second-order valence-electron chi connectivity index (χ2n) is 5.09. The molecule has 2 rings (SSSR count). The quantitative estimate of drug-likeness (QED) is 0.579. The van der Waals surface area contributed by atoms with Crippen LogP contribution < -0.4 is 5.43 Å². The van der Waals surface area contributed by atoms with E-state index < -0.39 is 0 Å². The van der Waals surface area contributed by atoms with E-state index in [9.17, 15) is 4.79 Å². The van der Waals surface area contributed by atoms with E-state index in [1.165, 1.54) is 6.21 Å². The van der Waals surface area contributed by atoms with Gasteiger partial charge >= 0.3 is 0 Å². The summed E-state index contributed by atoms with van der Waals surface area (Å²) in [6.07, 6.45) is 6.69. The van der Waals surface area contributed by atoms with Gasteiger partial charge in [-0.05, 0) is 43.2 Å². The fourth-order valence-corrected chi connectivity index (χ4v) is 2.30. The van der Waals surface area contributed by atoms with Crippen molar-refractivity contribution in [2.24, 2.45) is 5.10 Å². The van der Waals surface area contributed by atoms with Crippen LogP contribution in [-0.2, 0) is 6.42 Å². The Bertz CT molecular complexity index is 700. The third kappa shape index (κ3) is 4.74. The van der Waals surface area contributed by atoms with Crippen molar-refractivity contribution in [2.45, 2.75) is 13.3 Å². The van der Waals surface area contributed by atoms with Gasteiger partial charge in [-0.1, -0.05) is 12.1 Å². The summed E-state index contributed by atoms with van der Waals surface area (Å²) in [7, 11) is 0. The number of carbonyl (C=O) groups excluding carboxylic acids is 1. The van der Waals surface area contributed by atoms with Crippen molar-refractivity contribution < 1.29 is 4.79 Å². The third-order valence-electron chi connectivity index (χ3n) is 3.58. The van der Waals surface area contributed by atoms with Gasteiger partial charge in [-0.3, -0.25) is 15.2 Å². The van der Waals surface area contributed by atoms with Crippen molar-refractivity contribution in [3.8, 4) is 0 Å². The second kappa shape index (κ2) is 9.19. The Kier molecular flexibility index (Phi) is 6.64. The predicted molar refractivity (Wildman–Crippen MR) is 96.9 cm³/mol. The highest BCUT2D eigenvalue weighted by Gasteiger charge is 2.17. The van der Waals surface area contributed by atoms with Crippen molar-refractivity contribution >= 4 is 24.0 Å². The number of hydrazone groups is 1. The number of hydrogen-bond donors (Lipinski definition) is 2. The summed E-state index contributed by atoms with van der Waals surface area (Å²) in [4.78, 5) is 18.6. The Labute approximate surface area is 141 Å². The number of nitrogens with zero attached hydrogens (tertiary/aromatic N) is 3. The molecule has 0 saturated carbocycles. The van der Waals surface area contributed by atoms with E-state index in [4.69, 9.17) is 5.41 Å². The highest BCUT2D eigenvalue weighted by atomic mass is 16.2. The van der Waals surface area contributed by atoms with Gasteiger partial charge in [0, 0.05) is 31.7 Å². The van der Waals surface area contributed by atoms with Crippen LogP contribution in [0, 0.1) is 5.41 Å². The number of nitrogens with one attached hydrogen (secondary N) is 2. The Morgan fingerprint density at radius 1 is 1.29 bits per heavy atom. The molecule has 0 aliphatic heterocycles. The van der Waals surface area contributed by atoms with Crippen LogP contribution in [0.3, 0.4) is 0 Å². The maximum atomic E-state index is 12.8. The van der Waals surface area contributed by atoms with Crippen LogP contribution >= 0.6 is 0 Å². The highest BCUT2D eigenvalue weighted by molar-refractivity contribution is 6.14. The minimum atomic E-state index is -0.0419. The number of pyridine rings is 1. The molecule has 0 radical (unpaired) electrons. The summed E-state index contributed by atoms with van der Waals surface area (Å²) in [5.74, 6) is -0.0419. The SMILES string of the molecule is CCN(CCc1ccncc1)C(=O)c1ccccc1N/N=C\C=N. The van der Waals surface area contributed by atoms with E-state index in [1.54, 1.807) is 29.4 Å². The largest absolute Gasteiger partial charge is 0.339 e. The zero-order valence-electron chi connectivity index (χ0n) is 13.6. The number of likely N-dealkylation sites (N-methyl/N-ethyl adjacent to an activating group) is 1. The van der Waals surface area contributed by atoms with Gasteiger partial charge in [0.25, 0.3) is 5.91 Å². The molecule has 0 unspecified atom stereocenters. The molecule has 0 atom stereocenters. The molecule has 1 aromatic carbocycles. The van der Waals surface area contributed by atoms with Crippen molar-refractivity contribution in [1.82, 2.24) is 9.88 Å². The van der Waals surface area contributed by atoms with Gasteiger partial charge in [-0.25, -0.2) is 0 Å². The second-order valence-corrected chi connectivity index (χ2v) is 5.09. The Morgan fingerprint density at radius 3 is 2.75 bits per heavy atom. The summed E-state index contributed by atoms with van der Waals surface area (Å²) >= 11 is 0.